The van der Waals surface area contributed by atoms with Crippen molar-refractivity contribution in [1.82, 2.24) is 0 Å². The minimum Gasteiger partial charge on any atom is -0.652 e. The minimum absolute atomic E-state index is 0. The monoisotopic (exact) mass is 170 g/mol. The normalized spacial score (nSPS) is 3.75. The fourth-order valence-electron chi connectivity index (χ4n) is 0. The molecule has 0 rings (SSSR count). The maximum absolute atomic E-state index is 8.33. The number of hydrazine groups is 1. The van der Waals surface area contributed by atoms with Gasteiger partial charge in [-0.15, -0.1) is 0 Å². The first-order valence-electron chi connectivity index (χ1n) is 0.946. The minimum atomic E-state index is -2.33. The van der Waals surface area contributed by atoms with E-state index in [0.717, 1.165) is 0 Å². The summed E-state index contributed by atoms with van der Waals surface area (Å²) in [6.07, 6.45) is -2.33. The first-order valence-corrected chi connectivity index (χ1v) is 0.946. The van der Waals surface area contributed by atoms with Gasteiger partial charge in [-0.25, -0.2) is 0 Å². The Morgan fingerprint density at radius 2 is 1.12 bits per heavy atom. The molecule has 0 bridgehead atoms. The van der Waals surface area contributed by atoms with Gasteiger partial charge in [-0.05, 0) is 6.16 Å². The average molecular weight is 170 g/mol. The summed E-state index contributed by atoms with van der Waals surface area (Å²) in [5.74, 6) is 8.00. The second kappa shape index (κ2) is 22.7. The zero-order valence-electron chi connectivity index (χ0n) is 4.88. The van der Waals surface area contributed by atoms with Crippen molar-refractivity contribution >= 4 is 6.16 Å². The second-order valence-corrected chi connectivity index (χ2v) is 0.250. The molecule has 0 spiro atoms. The third-order valence-corrected chi connectivity index (χ3v) is 0. The average Bonchev–Trinajstić information content (AvgIpc) is 1.41. The summed E-state index contributed by atoms with van der Waals surface area (Å²) in [6.45, 7) is 0. The molecule has 8 heavy (non-hydrogen) atoms. The number of nitrogens with two attached hydrogens (primary N) is 2. The van der Waals surface area contributed by atoms with Gasteiger partial charge in [-0.3, -0.25) is 11.7 Å². The third-order valence-electron chi connectivity index (χ3n) is 0. The smallest absolute Gasteiger partial charge is 0.652 e. The van der Waals surface area contributed by atoms with Crippen LogP contribution in [0.5, 0.6) is 0 Å². The largest absolute Gasteiger partial charge is 1.00 e. The van der Waals surface area contributed by atoms with Crippen LogP contribution < -0.4 is 125 Å². The number of carbonyl (C=O) groups is 1. The zero-order chi connectivity index (χ0) is 5.58. The summed E-state index contributed by atoms with van der Waals surface area (Å²) >= 11 is 0. The molecule has 7 heteroatoms. The maximum Gasteiger partial charge on any atom is 1.00 e. The molecule has 0 unspecified atom stereocenters. The van der Waals surface area contributed by atoms with Crippen molar-refractivity contribution in [2.24, 2.45) is 11.7 Å². The van der Waals surface area contributed by atoms with Crippen molar-refractivity contribution in [3.05, 3.63) is 0 Å². The van der Waals surface area contributed by atoms with Crippen LogP contribution in [-0.2, 0) is 0 Å². The molecule has 0 heterocycles. The summed E-state index contributed by atoms with van der Waals surface area (Å²) in [4.78, 5) is 8.33. The Labute approximate surface area is 132 Å². The van der Waals surface area contributed by atoms with E-state index in [-0.39, 0.29) is 103 Å². The van der Waals surface area contributed by atoms with Crippen LogP contribution in [0, 0.1) is 0 Å². The quantitative estimate of drug-likeness (QED) is 0.213. The molecular weight excluding hydrogens is 166 g/mol. The third kappa shape index (κ3) is 77.7. The molecule has 0 amide bonds. The van der Waals surface area contributed by atoms with Crippen LogP contribution in [-0.4, -0.2) is 6.16 Å². The molecule has 4 N–H and O–H groups in total. The first kappa shape index (κ1) is 22.4. The first-order chi connectivity index (χ1) is 2.73. The molecular formula is CH4K2N2O3. The van der Waals surface area contributed by atoms with E-state index in [2.05, 4.69) is 11.7 Å². The SMILES string of the molecule is NN.O=C([O-])[O-].[K+].[K+]. The molecule has 0 aliphatic heterocycles. The summed E-state index contributed by atoms with van der Waals surface area (Å²) in [7, 11) is 0. The van der Waals surface area contributed by atoms with Crippen molar-refractivity contribution < 1.29 is 118 Å². The van der Waals surface area contributed by atoms with Crippen LogP contribution >= 0.6 is 0 Å². The Bertz CT molecular complexity index is 38.3. The van der Waals surface area contributed by atoms with Gasteiger partial charge in [-0.2, -0.15) is 0 Å². The number of carbonyl (C=O) groups excluding carboxylic acids is 1. The fourth-order valence-corrected chi connectivity index (χ4v) is 0. The van der Waals surface area contributed by atoms with E-state index in [9.17, 15) is 0 Å². The van der Waals surface area contributed by atoms with E-state index >= 15 is 0 Å². The Balaban J connectivity index is -0.0000000183. The summed E-state index contributed by atoms with van der Waals surface area (Å²) < 4.78 is 0. The number of rotatable bonds is 0. The molecule has 0 aliphatic carbocycles. The summed E-state index contributed by atoms with van der Waals surface area (Å²) in [6, 6.07) is 0. The zero-order valence-corrected chi connectivity index (χ0v) is 11.1. The van der Waals surface area contributed by atoms with Gasteiger partial charge in [0, 0.05) is 0 Å². The van der Waals surface area contributed by atoms with E-state index in [0.29, 0.717) is 0 Å². The Hall–Kier alpha value is 2.46. The van der Waals surface area contributed by atoms with Crippen molar-refractivity contribution in [2.45, 2.75) is 0 Å². The number of hydrogen-bond acceptors (Lipinski definition) is 5. The predicted octanol–water partition coefficient (Wildman–Crippen LogP) is -9.62. The van der Waals surface area contributed by atoms with Crippen LogP contribution in [0.1, 0.15) is 0 Å². The van der Waals surface area contributed by atoms with Gasteiger partial charge in [0.2, 0.25) is 0 Å². The molecule has 0 saturated heterocycles. The van der Waals surface area contributed by atoms with Gasteiger partial charge in [-0.1, -0.05) is 0 Å². The molecule has 0 fully saturated rings. The molecule has 0 aromatic carbocycles. The van der Waals surface area contributed by atoms with E-state index < -0.39 is 6.16 Å². The molecule has 5 nitrogen and oxygen atoms in total. The number of carboxylic acid groups (broad SMARTS) is 2. The second-order valence-electron chi connectivity index (χ2n) is 0.250. The van der Waals surface area contributed by atoms with Gasteiger partial charge in [0.25, 0.3) is 0 Å². The molecule has 0 aromatic heterocycles. The molecule has 0 radical (unpaired) electrons. The Kier molecular flexibility index (Phi) is 63.7. The van der Waals surface area contributed by atoms with Gasteiger partial charge in [0.05, 0.1) is 0 Å². The van der Waals surface area contributed by atoms with E-state index in [4.69, 9.17) is 15.0 Å². The predicted molar refractivity (Wildman–Crippen MR) is 13.8 cm³/mol. The molecule has 0 saturated carbocycles. The number of hydrogen-bond donors (Lipinski definition) is 2. The molecule has 0 atom stereocenters. The van der Waals surface area contributed by atoms with Gasteiger partial charge >= 0.3 is 103 Å². The van der Waals surface area contributed by atoms with Crippen LogP contribution in [0.25, 0.3) is 0 Å². The topological polar surface area (TPSA) is 115 Å². The van der Waals surface area contributed by atoms with Crippen LogP contribution in [0.4, 0.5) is 4.79 Å². The maximum atomic E-state index is 8.33. The van der Waals surface area contributed by atoms with Crippen molar-refractivity contribution in [2.75, 3.05) is 0 Å². The van der Waals surface area contributed by atoms with Crippen molar-refractivity contribution in [1.29, 1.82) is 0 Å². The van der Waals surface area contributed by atoms with E-state index in [1.54, 1.807) is 0 Å². The summed E-state index contributed by atoms with van der Waals surface area (Å²) in [5.41, 5.74) is 0. The van der Waals surface area contributed by atoms with Gasteiger partial charge < -0.3 is 15.0 Å². The van der Waals surface area contributed by atoms with Crippen LogP contribution in [0.15, 0.2) is 0 Å². The van der Waals surface area contributed by atoms with E-state index in [1.807, 2.05) is 0 Å². The molecule has 0 aliphatic rings. The fraction of sp³-hybridized carbons (Fsp3) is 0. The van der Waals surface area contributed by atoms with Crippen molar-refractivity contribution in [3.8, 4) is 0 Å². The van der Waals surface area contributed by atoms with Crippen LogP contribution in [0.3, 0.4) is 0 Å². The molecule has 38 valence electrons. The Morgan fingerprint density at radius 3 is 1.12 bits per heavy atom. The van der Waals surface area contributed by atoms with Crippen LogP contribution in [0.2, 0.25) is 0 Å². The van der Waals surface area contributed by atoms with Gasteiger partial charge in [0.15, 0.2) is 0 Å². The van der Waals surface area contributed by atoms with Gasteiger partial charge in [0.1, 0.15) is 0 Å². The standard InChI is InChI=1S/CH2O3.2K.H4N2/c2-1(3)4;;;1-2/h(H2,2,3,4);;;1-2H2/q;2*+1;/p-2. The Morgan fingerprint density at radius 1 is 1.12 bits per heavy atom. The van der Waals surface area contributed by atoms with Crippen molar-refractivity contribution in [3.63, 3.8) is 0 Å². The van der Waals surface area contributed by atoms with E-state index in [1.165, 1.54) is 0 Å². The summed E-state index contributed by atoms with van der Waals surface area (Å²) in [5, 5.41) is 16.7. The molecule has 0 aromatic rings.